The van der Waals surface area contributed by atoms with E-state index in [2.05, 4.69) is 28.2 Å². The van der Waals surface area contributed by atoms with E-state index < -0.39 is 10.0 Å². The van der Waals surface area contributed by atoms with Crippen molar-refractivity contribution in [3.05, 3.63) is 53.6 Å². The molecular formula is C24H32N4O3S. The number of piperidine rings is 1. The van der Waals surface area contributed by atoms with Gasteiger partial charge in [-0.05, 0) is 68.8 Å². The molecule has 0 spiro atoms. The Morgan fingerprint density at radius 1 is 0.906 bits per heavy atom. The fraction of sp³-hybridized carbons (Fsp3) is 0.458. The molecule has 2 fully saturated rings. The number of sulfonamides is 1. The molecule has 0 unspecified atom stereocenters. The van der Waals surface area contributed by atoms with E-state index in [1.165, 1.54) is 10.4 Å². The van der Waals surface area contributed by atoms with Gasteiger partial charge in [0, 0.05) is 56.2 Å². The Morgan fingerprint density at radius 2 is 1.62 bits per heavy atom. The normalized spacial score (nSPS) is 18.5. The van der Waals surface area contributed by atoms with E-state index in [9.17, 15) is 13.2 Å². The summed E-state index contributed by atoms with van der Waals surface area (Å²) in [5.41, 5.74) is 3.21. The first-order valence-corrected chi connectivity index (χ1v) is 12.7. The van der Waals surface area contributed by atoms with Gasteiger partial charge in [-0.3, -0.25) is 4.79 Å². The van der Waals surface area contributed by atoms with Gasteiger partial charge in [0.2, 0.25) is 10.0 Å². The SMILES string of the molecule is Cc1cc(N2CCN(C)CC2)ccc1NC(=O)c1cccc(S(=O)(=O)N2CCCCC2)c1. The highest BCUT2D eigenvalue weighted by molar-refractivity contribution is 7.89. The van der Waals surface area contributed by atoms with Crippen LogP contribution in [0.3, 0.4) is 0 Å². The van der Waals surface area contributed by atoms with Crippen LogP contribution in [0.1, 0.15) is 35.2 Å². The molecule has 1 amide bonds. The highest BCUT2D eigenvalue weighted by Gasteiger charge is 2.26. The lowest BCUT2D eigenvalue weighted by Crippen LogP contribution is -2.44. The number of amides is 1. The molecule has 0 radical (unpaired) electrons. The highest BCUT2D eigenvalue weighted by Crippen LogP contribution is 2.25. The van der Waals surface area contributed by atoms with Gasteiger partial charge in [0.1, 0.15) is 0 Å². The molecule has 2 aromatic carbocycles. The van der Waals surface area contributed by atoms with Crippen LogP contribution in [0.2, 0.25) is 0 Å². The van der Waals surface area contributed by atoms with Gasteiger partial charge in [-0.25, -0.2) is 8.42 Å². The second-order valence-electron chi connectivity index (χ2n) is 8.74. The Bertz CT molecular complexity index is 1070. The minimum Gasteiger partial charge on any atom is -0.369 e. The van der Waals surface area contributed by atoms with Crippen molar-refractivity contribution in [3.8, 4) is 0 Å². The quantitative estimate of drug-likeness (QED) is 0.748. The van der Waals surface area contributed by atoms with Gasteiger partial charge >= 0.3 is 0 Å². The standard InChI is InChI=1S/C24H32N4O3S/c1-19-17-21(27-15-13-26(2)14-16-27)9-10-23(19)25-24(29)20-7-6-8-22(18-20)32(30,31)28-11-4-3-5-12-28/h6-10,17-18H,3-5,11-16H2,1-2H3,(H,25,29). The van der Waals surface area contributed by atoms with E-state index in [-0.39, 0.29) is 10.8 Å². The maximum atomic E-state index is 13.0. The molecule has 2 heterocycles. The van der Waals surface area contributed by atoms with Crippen LogP contribution < -0.4 is 10.2 Å². The zero-order chi connectivity index (χ0) is 22.7. The lowest BCUT2D eigenvalue weighted by atomic mass is 10.1. The number of carbonyl (C=O) groups is 1. The van der Waals surface area contributed by atoms with E-state index >= 15 is 0 Å². The van der Waals surface area contributed by atoms with Crippen molar-refractivity contribution >= 4 is 27.3 Å². The number of aryl methyl sites for hydroxylation is 1. The average Bonchev–Trinajstić information content (AvgIpc) is 2.81. The van der Waals surface area contributed by atoms with E-state index in [1.807, 2.05) is 19.1 Å². The number of anilines is 2. The fourth-order valence-electron chi connectivity index (χ4n) is 4.30. The van der Waals surface area contributed by atoms with Crippen molar-refractivity contribution in [1.82, 2.24) is 9.21 Å². The lowest BCUT2D eigenvalue weighted by Gasteiger charge is -2.34. The third kappa shape index (κ3) is 4.98. The minimum absolute atomic E-state index is 0.175. The van der Waals surface area contributed by atoms with Crippen LogP contribution in [0, 0.1) is 6.92 Å². The fourth-order valence-corrected chi connectivity index (χ4v) is 5.86. The minimum atomic E-state index is -3.58. The monoisotopic (exact) mass is 456 g/mol. The molecule has 0 saturated carbocycles. The van der Waals surface area contributed by atoms with Crippen molar-refractivity contribution in [2.24, 2.45) is 0 Å². The van der Waals surface area contributed by atoms with Crippen molar-refractivity contribution < 1.29 is 13.2 Å². The van der Waals surface area contributed by atoms with E-state index in [0.29, 0.717) is 18.7 Å². The average molecular weight is 457 g/mol. The van der Waals surface area contributed by atoms with E-state index in [1.54, 1.807) is 18.2 Å². The molecule has 1 N–H and O–H groups in total. The third-order valence-electron chi connectivity index (χ3n) is 6.38. The second-order valence-corrected chi connectivity index (χ2v) is 10.7. The topological polar surface area (TPSA) is 73.0 Å². The smallest absolute Gasteiger partial charge is 0.255 e. The predicted octanol–water partition coefficient (Wildman–Crippen LogP) is 3.17. The van der Waals surface area contributed by atoms with Gasteiger partial charge in [0.15, 0.2) is 0 Å². The van der Waals surface area contributed by atoms with Crippen LogP contribution in [0.5, 0.6) is 0 Å². The summed E-state index contributed by atoms with van der Waals surface area (Å²) in [7, 11) is -1.44. The largest absolute Gasteiger partial charge is 0.369 e. The molecule has 172 valence electrons. The summed E-state index contributed by atoms with van der Waals surface area (Å²) in [4.78, 5) is 17.8. The molecule has 32 heavy (non-hydrogen) atoms. The Kier molecular flexibility index (Phi) is 6.83. The van der Waals surface area contributed by atoms with Gasteiger partial charge in [-0.1, -0.05) is 12.5 Å². The number of benzene rings is 2. The summed E-state index contributed by atoms with van der Waals surface area (Å²) in [5, 5.41) is 2.95. The highest BCUT2D eigenvalue weighted by atomic mass is 32.2. The summed E-state index contributed by atoms with van der Waals surface area (Å²) < 4.78 is 27.5. The number of carbonyl (C=O) groups excluding carboxylic acids is 1. The van der Waals surface area contributed by atoms with Crippen LogP contribution in [0.4, 0.5) is 11.4 Å². The zero-order valence-electron chi connectivity index (χ0n) is 18.9. The number of nitrogens with one attached hydrogen (secondary N) is 1. The molecule has 2 aliphatic rings. The van der Waals surface area contributed by atoms with Gasteiger partial charge in [-0.2, -0.15) is 4.31 Å². The van der Waals surface area contributed by atoms with Crippen molar-refractivity contribution in [3.63, 3.8) is 0 Å². The summed E-state index contributed by atoms with van der Waals surface area (Å²) in [6.45, 7) is 7.10. The third-order valence-corrected chi connectivity index (χ3v) is 8.27. The van der Waals surface area contributed by atoms with Crippen molar-refractivity contribution in [2.75, 3.05) is 56.5 Å². The molecule has 0 aromatic heterocycles. The van der Waals surface area contributed by atoms with Crippen LogP contribution in [0.25, 0.3) is 0 Å². The molecule has 4 rings (SSSR count). The van der Waals surface area contributed by atoms with Crippen LogP contribution in [-0.2, 0) is 10.0 Å². The molecule has 8 heteroatoms. The number of hydrogen-bond acceptors (Lipinski definition) is 5. The summed E-state index contributed by atoms with van der Waals surface area (Å²) in [5.74, 6) is -0.309. The zero-order valence-corrected chi connectivity index (χ0v) is 19.7. The maximum absolute atomic E-state index is 13.0. The van der Waals surface area contributed by atoms with Gasteiger partial charge in [-0.15, -0.1) is 0 Å². The van der Waals surface area contributed by atoms with Gasteiger partial charge < -0.3 is 15.1 Å². The molecule has 0 aliphatic carbocycles. The van der Waals surface area contributed by atoms with Crippen molar-refractivity contribution in [2.45, 2.75) is 31.1 Å². The number of piperazine rings is 1. The molecule has 0 bridgehead atoms. The molecule has 2 aliphatic heterocycles. The van der Waals surface area contributed by atoms with Crippen LogP contribution >= 0.6 is 0 Å². The maximum Gasteiger partial charge on any atom is 0.255 e. The Balaban J connectivity index is 1.48. The Hall–Kier alpha value is -2.42. The summed E-state index contributed by atoms with van der Waals surface area (Å²) in [6, 6.07) is 12.4. The van der Waals surface area contributed by atoms with Crippen molar-refractivity contribution in [1.29, 1.82) is 0 Å². The van der Waals surface area contributed by atoms with E-state index in [0.717, 1.165) is 62.4 Å². The van der Waals surface area contributed by atoms with Crippen LogP contribution in [0.15, 0.2) is 47.4 Å². The van der Waals surface area contributed by atoms with Gasteiger partial charge in [0.25, 0.3) is 5.91 Å². The first-order valence-electron chi connectivity index (χ1n) is 11.3. The van der Waals surface area contributed by atoms with Crippen LogP contribution in [-0.4, -0.2) is 69.8 Å². The molecular weight excluding hydrogens is 424 g/mol. The first kappa shape index (κ1) is 22.8. The predicted molar refractivity (Wildman–Crippen MR) is 128 cm³/mol. The molecule has 7 nitrogen and oxygen atoms in total. The van der Waals surface area contributed by atoms with Gasteiger partial charge in [0.05, 0.1) is 4.90 Å². The number of hydrogen-bond donors (Lipinski definition) is 1. The lowest BCUT2D eigenvalue weighted by molar-refractivity contribution is 0.102. The Morgan fingerprint density at radius 3 is 2.31 bits per heavy atom. The molecule has 2 aromatic rings. The number of nitrogens with zero attached hydrogens (tertiary/aromatic N) is 3. The number of likely N-dealkylation sites (N-methyl/N-ethyl adjacent to an activating group) is 1. The number of rotatable bonds is 5. The Labute approximate surface area is 191 Å². The molecule has 0 atom stereocenters. The first-order chi connectivity index (χ1) is 15.3. The second kappa shape index (κ2) is 9.60. The summed E-state index contributed by atoms with van der Waals surface area (Å²) >= 11 is 0. The van der Waals surface area contributed by atoms with E-state index in [4.69, 9.17) is 0 Å². The summed E-state index contributed by atoms with van der Waals surface area (Å²) in [6.07, 6.45) is 2.81. The molecule has 2 saturated heterocycles.